The lowest BCUT2D eigenvalue weighted by molar-refractivity contribution is 0.574. The number of nitrogens with zero attached hydrogens (tertiary/aromatic N) is 2. The van der Waals surface area contributed by atoms with Gasteiger partial charge in [-0.1, -0.05) is 6.07 Å². The van der Waals surface area contributed by atoms with E-state index in [2.05, 4.69) is 10.3 Å². The van der Waals surface area contributed by atoms with E-state index in [1.54, 1.807) is 29.9 Å². The number of hydrogen-bond donors (Lipinski definition) is 1. The largest absolute Gasteiger partial charge is 0.351 e. The first kappa shape index (κ1) is 15.1. The molecule has 0 saturated carbocycles. The van der Waals surface area contributed by atoms with E-state index in [0.717, 1.165) is 17.3 Å². The van der Waals surface area contributed by atoms with Gasteiger partial charge in [-0.15, -0.1) is 0 Å². The molecule has 1 aromatic heterocycles. The lowest BCUT2D eigenvalue weighted by Gasteiger charge is -2.09. The topological polar surface area (TPSA) is 29.9 Å². The molecular formula is C17H14F3N3. The van der Waals surface area contributed by atoms with Crippen LogP contribution < -0.4 is 5.32 Å². The molecule has 0 bridgehead atoms. The summed E-state index contributed by atoms with van der Waals surface area (Å²) in [4.78, 5) is 4.24. The van der Waals surface area contributed by atoms with Crippen LogP contribution >= 0.6 is 0 Å². The molecule has 0 aliphatic heterocycles. The second kappa shape index (κ2) is 6.16. The van der Waals surface area contributed by atoms with Crippen molar-refractivity contribution in [3.05, 3.63) is 71.7 Å². The molecule has 0 aliphatic carbocycles. The molecule has 1 heterocycles. The predicted molar refractivity (Wildman–Crippen MR) is 82.3 cm³/mol. The molecular weight excluding hydrogens is 303 g/mol. The van der Waals surface area contributed by atoms with Gasteiger partial charge in [-0.05, 0) is 30.3 Å². The summed E-state index contributed by atoms with van der Waals surface area (Å²) >= 11 is 0. The highest BCUT2D eigenvalue weighted by atomic mass is 19.1. The van der Waals surface area contributed by atoms with Crippen molar-refractivity contribution in [1.82, 2.24) is 9.55 Å². The summed E-state index contributed by atoms with van der Waals surface area (Å²) < 4.78 is 41.3. The quantitative estimate of drug-likeness (QED) is 0.784. The van der Waals surface area contributed by atoms with Crippen LogP contribution in [0.2, 0.25) is 0 Å². The number of imidazole rings is 1. The van der Waals surface area contributed by atoms with Gasteiger partial charge in [0, 0.05) is 30.8 Å². The summed E-state index contributed by atoms with van der Waals surface area (Å²) in [7, 11) is 1.80. The summed E-state index contributed by atoms with van der Waals surface area (Å²) in [6, 6.07) is 9.53. The Kier molecular flexibility index (Phi) is 4.06. The summed E-state index contributed by atoms with van der Waals surface area (Å²) in [5.41, 5.74) is 1.97. The van der Waals surface area contributed by atoms with Crippen molar-refractivity contribution < 1.29 is 13.2 Å². The highest BCUT2D eigenvalue weighted by molar-refractivity contribution is 5.61. The van der Waals surface area contributed by atoms with Gasteiger partial charge in [-0.3, -0.25) is 0 Å². The third kappa shape index (κ3) is 3.21. The maximum absolute atomic E-state index is 13.6. The second-order valence-electron chi connectivity index (χ2n) is 5.12. The zero-order valence-corrected chi connectivity index (χ0v) is 12.4. The van der Waals surface area contributed by atoms with E-state index in [-0.39, 0.29) is 12.4 Å². The van der Waals surface area contributed by atoms with Crippen LogP contribution in [-0.4, -0.2) is 9.55 Å². The van der Waals surface area contributed by atoms with Gasteiger partial charge in [0.25, 0.3) is 0 Å². The molecule has 0 aliphatic rings. The van der Waals surface area contributed by atoms with E-state index in [9.17, 15) is 13.2 Å². The lowest BCUT2D eigenvalue weighted by atomic mass is 10.2. The molecule has 23 heavy (non-hydrogen) atoms. The van der Waals surface area contributed by atoms with E-state index in [1.807, 2.05) is 0 Å². The fourth-order valence-corrected chi connectivity index (χ4v) is 2.30. The van der Waals surface area contributed by atoms with Gasteiger partial charge in [-0.25, -0.2) is 18.2 Å². The van der Waals surface area contributed by atoms with E-state index in [0.29, 0.717) is 11.5 Å². The number of anilines is 1. The van der Waals surface area contributed by atoms with Crippen LogP contribution in [0.3, 0.4) is 0 Å². The van der Waals surface area contributed by atoms with Crippen LogP contribution in [-0.2, 0) is 13.6 Å². The Balaban J connectivity index is 1.78. The highest BCUT2D eigenvalue weighted by Crippen LogP contribution is 2.22. The Morgan fingerprint density at radius 3 is 2.39 bits per heavy atom. The SMILES string of the molecule is Cn1c(-c2ccc(F)cc2)cnc1NCc1ccc(F)cc1F. The molecule has 0 atom stereocenters. The summed E-state index contributed by atoms with van der Waals surface area (Å²) in [6.07, 6.45) is 1.65. The smallest absolute Gasteiger partial charge is 0.203 e. The molecule has 3 rings (SSSR count). The number of nitrogens with one attached hydrogen (secondary N) is 1. The van der Waals surface area contributed by atoms with Crippen LogP contribution in [0.1, 0.15) is 5.56 Å². The van der Waals surface area contributed by atoms with E-state index in [1.165, 1.54) is 24.3 Å². The maximum Gasteiger partial charge on any atom is 0.203 e. The highest BCUT2D eigenvalue weighted by Gasteiger charge is 2.10. The standard InChI is InChI=1S/C17H14F3N3/c1-23-16(11-2-5-13(18)6-3-11)10-22-17(23)21-9-12-4-7-14(19)8-15(12)20/h2-8,10H,9H2,1H3,(H,21,22). The van der Waals surface area contributed by atoms with E-state index >= 15 is 0 Å². The molecule has 0 spiro atoms. The number of halogens is 3. The Labute approximate surface area is 131 Å². The monoisotopic (exact) mass is 317 g/mol. The van der Waals surface area contributed by atoms with Crippen molar-refractivity contribution in [3.63, 3.8) is 0 Å². The number of rotatable bonds is 4. The van der Waals surface area contributed by atoms with Crippen LogP contribution in [0.25, 0.3) is 11.3 Å². The molecule has 0 unspecified atom stereocenters. The number of aromatic nitrogens is 2. The van der Waals surface area contributed by atoms with E-state index in [4.69, 9.17) is 0 Å². The van der Waals surface area contributed by atoms with Crippen molar-refractivity contribution in [2.24, 2.45) is 7.05 Å². The average Bonchev–Trinajstić information content (AvgIpc) is 2.88. The normalized spacial score (nSPS) is 10.8. The predicted octanol–water partition coefficient (Wildman–Crippen LogP) is 4.12. The zero-order chi connectivity index (χ0) is 16.4. The fourth-order valence-electron chi connectivity index (χ4n) is 2.30. The van der Waals surface area contributed by atoms with Gasteiger partial charge >= 0.3 is 0 Å². The van der Waals surface area contributed by atoms with Gasteiger partial charge in [0.05, 0.1) is 11.9 Å². The van der Waals surface area contributed by atoms with Gasteiger partial charge < -0.3 is 9.88 Å². The Morgan fingerprint density at radius 2 is 1.70 bits per heavy atom. The van der Waals surface area contributed by atoms with Crippen molar-refractivity contribution in [3.8, 4) is 11.3 Å². The van der Waals surface area contributed by atoms with Crippen molar-refractivity contribution in [2.45, 2.75) is 6.54 Å². The molecule has 0 radical (unpaired) electrons. The first-order valence-electron chi connectivity index (χ1n) is 7.00. The third-order valence-corrected chi connectivity index (χ3v) is 3.58. The molecule has 6 heteroatoms. The minimum atomic E-state index is -0.609. The Bertz CT molecular complexity index is 826. The molecule has 3 nitrogen and oxygen atoms in total. The number of benzene rings is 2. The van der Waals surface area contributed by atoms with Crippen molar-refractivity contribution in [2.75, 3.05) is 5.32 Å². The van der Waals surface area contributed by atoms with Crippen molar-refractivity contribution in [1.29, 1.82) is 0 Å². The van der Waals surface area contributed by atoms with Crippen LogP contribution in [0, 0.1) is 17.5 Å². The van der Waals surface area contributed by atoms with Crippen LogP contribution in [0.4, 0.5) is 19.1 Å². The minimum absolute atomic E-state index is 0.180. The zero-order valence-electron chi connectivity index (χ0n) is 12.4. The third-order valence-electron chi connectivity index (χ3n) is 3.58. The van der Waals surface area contributed by atoms with Crippen LogP contribution in [0.5, 0.6) is 0 Å². The van der Waals surface area contributed by atoms with Crippen molar-refractivity contribution >= 4 is 5.95 Å². The molecule has 0 fully saturated rings. The molecule has 3 aromatic rings. The fraction of sp³-hybridized carbons (Fsp3) is 0.118. The van der Waals surface area contributed by atoms with Crippen LogP contribution in [0.15, 0.2) is 48.7 Å². The van der Waals surface area contributed by atoms with Gasteiger partial charge in [-0.2, -0.15) is 0 Å². The number of hydrogen-bond acceptors (Lipinski definition) is 2. The summed E-state index contributed by atoms with van der Waals surface area (Å²) in [5, 5.41) is 3.01. The molecule has 0 saturated heterocycles. The summed E-state index contributed by atoms with van der Waals surface area (Å²) in [6.45, 7) is 0.180. The Hall–Kier alpha value is -2.76. The molecule has 118 valence electrons. The average molecular weight is 317 g/mol. The summed E-state index contributed by atoms with van der Waals surface area (Å²) in [5.74, 6) is -0.985. The lowest BCUT2D eigenvalue weighted by Crippen LogP contribution is -2.07. The Morgan fingerprint density at radius 1 is 1.00 bits per heavy atom. The second-order valence-corrected chi connectivity index (χ2v) is 5.12. The van der Waals surface area contributed by atoms with Gasteiger partial charge in [0.2, 0.25) is 5.95 Å². The first-order chi connectivity index (χ1) is 11.0. The molecule has 0 amide bonds. The van der Waals surface area contributed by atoms with Gasteiger partial charge in [0.1, 0.15) is 17.5 Å². The first-order valence-corrected chi connectivity index (χ1v) is 7.00. The minimum Gasteiger partial charge on any atom is -0.351 e. The molecule has 2 aromatic carbocycles. The van der Waals surface area contributed by atoms with E-state index < -0.39 is 11.6 Å². The maximum atomic E-state index is 13.6. The molecule has 1 N–H and O–H groups in total. The van der Waals surface area contributed by atoms with Gasteiger partial charge in [0.15, 0.2) is 0 Å².